The first kappa shape index (κ1) is 16.6. The van der Waals surface area contributed by atoms with Gasteiger partial charge in [-0.3, -0.25) is 14.9 Å². The van der Waals surface area contributed by atoms with Crippen molar-refractivity contribution in [2.45, 2.75) is 19.9 Å². The fourth-order valence-electron chi connectivity index (χ4n) is 2.79. The number of nitrogens with one attached hydrogen (secondary N) is 2. The smallest absolute Gasteiger partial charge is 0.292 e. The fourth-order valence-corrected chi connectivity index (χ4v) is 2.79. The zero-order valence-corrected chi connectivity index (χ0v) is 13.7. The molecule has 0 bridgehead atoms. The van der Waals surface area contributed by atoms with Gasteiger partial charge < -0.3 is 5.32 Å². The van der Waals surface area contributed by atoms with Gasteiger partial charge in [0.25, 0.3) is 5.69 Å². The predicted octanol–water partition coefficient (Wildman–Crippen LogP) is 3.07. The number of nitro benzene ring substituents is 1. The molecular weight excluding hydrogens is 320 g/mol. The van der Waals surface area contributed by atoms with Crippen LogP contribution in [-0.4, -0.2) is 16.5 Å². The van der Waals surface area contributed by atoms with Crippen molar-refractivity contribution in [2.75, 3.05) is 5.32 Å². The number of carbonyl (C=O) groups excluding carboxylic acids is 1. The normalized spacial score (nSPS) is 16.8. The Labute approximate surface area is 144 Å². The molecule has 2 aromatic rings. The third-order valence-corrected chi connectivity index (χ3v) is 4.08. The summed E-state index contributed by atoms with van der Waals surface area (Å²) in [5.41, 5.74) is 5.20. The number of nitrogens with zero attached hydrogens (tertiary/aromatic N) is 2. The van der Waals surface area contributed by atoms with Gasteiger partial charge in [0.1, 0.15) is 5.69 Å². The Hall–Kier alpha value is -3.22. The predicted molar refractivity (Wildman–Crippen MR) is 95.3 cm³/mol. The second kappa shape index (κ2) is 7.12. The van der Waals surface area contributed by atoms with Crippen molar-refractivity contribution in [2.24, 2.45) is 11.0 Å². The molecule has 25 heavy (non-hydrogen) atoms. The molecule has 7 nitrogen and oxygen atoms in total. The van der Waals surface area contributed by atoms with E-state index < -0.39 is 4.92 Å². The van der Waals surface area contributed by atoms with E-state index in [1.807, 2.05) is 37.3 Å². The van der Waals surface area contributed by atoms with Crippen LogP contribution in [-0.2, 0) is 11.3 Å². The Balaban J connectivity index is 1.86. The summed E-state index contributed by atoms with van der Waals surface area (Å²) in [6.07, 6.45) is 0.320. The first-order valence-electron chi connectivity index (χ1n) is 7.97. The van der Waals surface area contributed by atoms with E-state index in [-0.39, 0.29) is 17.5 Å². The highest BCUT2D eigenvalue weighted by Gasteiger charge is 2.24. The molecule has 2 N–H and O–H groups in total. The fraction of sp³-hybridized carbons (Fsp3) is 0.222. The Kier molecular flexibility index (Phi) is 4.74. The molecule has 0 fully saturated rings. The molecule has 1 aliphatic heterocycles. The lowest BCUT2D eigenvalue weighted by atomic mass is 9.93. The summed E-state index contributed by atoms with van der Waals surface area (Å²) in [5, 5.41) is 18.6. The third-order valence-electron chi connectivity index (χ3n) is 4.08. The van der Waals surface area contributed by atoms with E-state index in [9.17, 15) is 14.9 Å². The van der Waals surface area contributed by atoms with Gasteiger partial charge in [0, 0.05) is 30.5 Å². The van der Waals surface area contributed by atoms with E-state index in [4.69, 9.17) is 0 Å². The van der Waals surface area contributed by atoms with Crippen LogP contribution >= 0.6 is 0 Å². The molecule has 128 valence electrons. The topological polar surface area (TPSA) is 96.6 Å². The van der Waals surface area contributed by atoms with Crippen LogP contribution in [0.3, 0.4) is 0 Å². The molecule has 3 rings (SSSR count). The standard InChI is InChI=1S/C18H18N4O3/c1-12-9-17(23)20-21-18(12)14-7-8-15(16(10-14)22(24)25)19-11-13-5-3-2-4-6-13/h2-8,10,12,19H,9,11H2,1H3,(H,20,23)/t12-/m0/s1. The molecule has 1 atom stereocenters. The van der Waals surface area contributed by atoms with E-state index in [1.165, 1.54) is 6.07 Å². The molecule has 0 saturated carbocycles. The van der Waals surface area contributed by atoms with Crippen LogP contribution < -0.4 is 10.7 Å². The van der Waals surface area contributed by atoms with Gasteiger partial charge in [-0.1, -0.05) is 43.3 Å². The lowest BCUT2D eigenvalue weighted by Crippen LogP contribution is -2.32. The van der Waals surface area contributed by atoms with Crippen LogP contribution in [0.5, 0.6) is 0 Å². The van der Waals surface area contributed by atoms with Crippen LogP contribution in [0.4, 0.5) is 11.4 Å². The second-order valence-corrected chi connectivity index (χ2v) is 5.97. The highest BCUT2D eigenvalue weighted by atomic mass is 16.6. The number of rotatable bonds is 5. The summed E-state index contributed by atoms with van der Waals surface area (Å²) >= 11 is 0. The third kappa shape index (κ3) is 3.82. The minimum atomic E-state index is -0.413. The summed E-state index contributed by atoms with van der Waals surface area (Å²) in [5.74, 6) is -0.233. The summed E-state index contributed by atoms with van der Waals surface area (Å²) in [6, 6.07) is 14.6. The van der Waals surface area contributed by atoms with Crippen molar-refractivity contribution in [3.63, 3.8) is 0 Å². The maximum Gasteiger partial charge on any atom is 0.292 e. The quantitative estimate of drug-likeness (QED) is 0.647. The van der Waals surface area contributed by atoms with Crippen molar-refractivity contribution in [3.8, 4) is 0 Å². The van der Waals surface area contributed by atoms with Crippen LogP contribution in [0.2, 0.25) is 0 Å². The van der Waals surface area contributed by atoms with Crippen LogP contribution in [0.25, 0.3) is 0 Å². The number of hydrogen-bond donors (Lipinski definition) is 2. The summed E-state index contributed by atoms with van der Waals surface area (Å²) < 4.78 is 0. The number of benzene rings is 2. The molecule has 0 unspecified atom stereocenters. The SMILES string of the molecule is C[C@H]1CC(=O)NN=C1c1ccc(NCc2ccccc2)c([N+](=O)[O-])c1. The minimum Gasteiger partial charge on any atom is -0.375 e. The highest BCUT2D eigenvalue weighted by molar-refractivity contribution is 6.06. The van der Waals surface area contributed by atoms with Crippen LogP contribution in [0.1, 0.15) is 24.5 Å². The molecule has 2 aromatic carbocycles. The van der Waals surface area contributed by atoms with E-state index >= 15 is 0 Å². The van der Waals surface area contributed by atoms with E-state index in [1.54, 1.807) is 12.1 Å². The second-order valence-electron chi connectivity index (χ2n) is 5.97. The molecule has 0 aromatic heterocycles. The molecule has 0 aliphatic carbocycles. The van der Waals surface area contributed by atoms with Gasteiger partial charge in [0.15, 0.2) is 0 Å². The zero-order chi connectivity index (χ0) is 17.8. The van der Waals surface area contributed by atoms with Gasteiger partial charge in [-0.25, -0.2) is 5.43 Å². The number of hydrazone groups is 1. The maximum absolute atomic E-state index is 11.5. The Morgan fingerprint density at radius 3 is 2.72 bits per heavy atom. The van der Waals surface area contributed by atoms with Crippen LogP contribution in [0, 0.1) is 16.0 Å². The molecule has 0 radical (unpaired) electrons. The number of amides is 1. The molecule has 1 amide bonds. The van der Waals surface area contributed by atoms with E-state index in [0.29, 0.717) is 29.9 Å². The van der Waals surface area contributed by atoms with Gasteiger partial charge in [-0.05, 0) is 11.6 Å². The van der Waals surface area contributed by atoms with Gasteiger partial charge in [0.05, 0.1) is 10.6 Å². The van der Waals surface area contributed by atoms with Gasteiger partial charge in [-0.2, -0.15) is 5.10 Å². The van der Waals surface area contributed by atoms with Crippen molar-refractivity contribution in [1.82, 2.24) is 5.43 Å². The van der Waals surface area contributed by atoms with Gasteiger partial charge in [-0.15, -0.1) is 0 Å². The van der Waals surface area contributed by atoms with Crippen molar-refractivity contribution < 1.29 is 9.72 Å². The van der Waals surface area contributed by atoms with Gasteiger partial charge >= 0.3 is 0 Å². The van der Waals surface area contributed by atoms with Crippen molar-refractivity contribution in [3.05, 3.63) is 69.8 Å². The molecule has 1 heterocycles. The highest BCUT2D eigenvalue weighted by Crippen LogP contribution is 2.28. The lowest BCUT2D eigenvalue weighted by Gasteiger charge is -2.19. The summed E-state index contributed by atoms with van der Waals surface area (Å²) in [6.45, 7) is 2.37. The average molecular weight is 338 g/mol. The van der Waals surface area contributed by atoms with Crippen LogP contribution in [0.15, 0.2) is 53.6 Å². The molecule has 0 saturated heterocycles. The maximum atomic E-state index is 11.5. The number of hydrogen-bond acceptors (Lipinski definition) is 5. The van der Waals surface area contributed by atoms with Crippen molar-refractivity contribution >= 4 is 23.0 Å². The summed E-state index contributed by atoms with van der Waals surface area (Å²) in [7, 11) is 0. The molecule has 7 heteroatoms. The Morgan fingerprint density at radius 1 is 1.28 bits per heavy atom. The molecular formula is C18H18N4O3. The minimum absolute atomic E-state index is 0.0137. The van der Waals surface area contributed by atoms with Gasteiger partial charge in [0.2, 0.25) is 5.91 Å². The Bertz CT molecular complexity index is 833. The first-order valence-corrected chi connectivity index (χ1v) is 7.97. The van der Waals surface area contributed by atoms with E-state index in [2.05, 4.69) is 15.8 Å². The Morgan fingerprint density at radius 2 is 2.04 bits per heavy atom. The zero-order valence-electron chi connectivity index (χ0n) is 13.7. The molecule has 0 spiro atoms. The number of anilines is 1. The number of carbonyl (C=O) groups is 1. The monoisotopic (exact) mass is 338 g/mol. The largest absolute Gasteiger partial charge is 0.375 e. The van der Waals surface area contributed by atoms with Crippen molar-refractivity contribution in [1.29, 1.82) is 0 Å². The molecule has 1 aliphatic rings. The van der Waals surface area contributed by atoms with E-state index in [0.717, 1.165) is 5.56 Å². The lowest BCUT2D eigenvalue weighted by molar-refractivity contribution is -0.384. The number of nitro groups is 1. The summed E-state index contributed by atoms with van der Waals surface area (Å²) in [4.78, 5) is 22.4. The average Bonchev–Trinajstić information content (AvgIpc) is 2.61. The first-order chi connectivity index (χ1) is 12.0.